The van der Waals surface area contributed by atoms with Gasteiger partial charge >= 0.3 is 0 Å². The van der Waals surface area contributed by atoms with Crippen molar-refractivity contribution < 1.29 is 4.52 Å². The van der Waals surface area contributed by atoms with Crippen molar-refractivity contribution >= 4 is 0 Å². The number of hydrogen-bond acceptors (Lipinski definition) is 4. The summed E-state index contributed by atoms with van der Waals surface area (Å²) in [5.41, 5.74) is 2.61. The Labute approximate surface area is 152 Å². The highest BCUT2D eigenvalue weighted by atomic mass is 16.5. The molecule has 0 radical (unpaired) electrons. The molecule has 0 bridgehead atoms. The molecule has 0 aliphatic carbocycles. The van der Waals surface area contributed by atoms with Crippen LogP contribution in [0, 0.1) is 0 Å². The van der Waals surface area contributed by atoms with Crippen LogP contribution in [0.2, 0.25) is 0 Å². The molecule has 5 nitrogen and oxygen atoms in total. The third-order valence-electron chi connectivity index (χ3n) is 4.84. The van der Waals surface area contributed by atoms with Crippen LogP contribution in [0.4, 0.5) is 0 Å². The zero-order valence-corrected chi connectivity index (χ0v) is 17.1. The first-order valence-corrected chi connectivity index (χ1v) is 9.63. The lowest BCUT2D eigenvalue weighted by atomic mass is 9.91. The van der Waals surface area contributed by atoms with Gasteiger partial charge in [-0.05, 0) is 38.2 Å². The van der Waals surface area contributed by atoms with Gasteiger partial charge in [-0.2, -0.15) is 10.1 Å². The predicted molar refractivity (Wildman–Crippen MR) is 101 cm³/mol. The van der Waals surface area contributed by atoms with E-state index in [4.69, 9.17) is 9.62 Å². The van der Waals surface area contributed by atoms with Crippen molar-refractivity contribution in [2.45, 2.75) is 97.9 Å². The van der Waals surface area contributed by atoms with Crippen LogP contribution in [-0.2, 0) is 0 Å². The van der Waals surface area contributed by atoms with Crippen LogP contribution in [0.1, 0.15) is 121 Å². The lowest BCUT2D eigenvalue weighted by Gasteiger charge is -2.14. The Kier molecular flexibility index (Phi) is 6.42. The molecule has 2 heterocycles. The highest BCUT2D eigenvalue weighted by molar-refractivity contribution is 5.24. The summed E-state index contributed by atoms with van der Waals surface area (Å²) in [5, 5.41) is 8.95. The molecule has 0 aromatic carbocycles. The van der Waals surface area contributed by atoms with Crippen molar-refractivity contribution in [1.29, 1.82) is 0 Å². The van der Waals surface area contributed by atoms with Crippen molar-refractivity contribution in [3.05, 3.63) is 29.2 Å². The number of rotatable bonds is 8. The molecule has 0 aliphatic heterocycles. The molecule has 2 aromatic heterocycles. The van der Waals surface area contributed by atoms with E-state index in [1.54, 1.807) is 0 Å². The highest BCUT2D eigenvalue weighted by Gasteiger charge is 2.21. The van der Waals surface area contributed by atoms with Gasteiger partial charge in [-0.3, -0.25) is 4.68 Å². The van der Waals surface area contributed by atoms with Gasteiger partial charge in [0, 0.05) is 30.0 Å². The molecular formula is C20H34N4O. The second-order valence-corrected chi connectivity index (χ2v) is 8.22. The molecule has 0 aliphatic rings. The van der Waals surface area contributed by atoms with E-state index in [0.29, 0.717) is 23.8 Å². The van der Waals surface area contributed by atoms with Crippen molar-refractivity contribution in [3.63, 3.8) is 0 Å². The monoisotopic (exact) mass is 346 g/mol. The molecule has 0 spiro atoms. The molecule has 0 saturated heterocycles. The quantitative estimate of drug-likeness (QED) is 0.608. The molecule has 0 saturated carbocycles. The molecule has 2 aromatic rings. The Balaban J connectivity index is 2.05. The summed E-state index contributed by atoms with van der Waals surface area (Å²) in [6, 6.07) is 0.394. The third kappa shape index (κ3) is 4.71. The van der Waals surface area contributed by atoms with E-state index in [-0.39, 0.29) is 5.92 Å². The summed E-state index contributed by atoms with van der Waals surface area (Å²) in [6.07, 6.45) is 4.31. The van der Waals surface area contributed by atoms with Gasteiger partial charge in [-0.25, -0.2) is 0 Å². The fraction of sp³-hybridized carbons (Fsp3) is 0.750. The first kappa shape index (κ1) is 19.7. The molecule has 2 unspecified atom stereocenters. The standard InChI is InChI=1S/C20H34N4O/c1-12(2)17-11-24(14(5)6)22-18(17)15(7)9-10-16(8)20-21-19(13(3)4)23-25-20/h11-16H,9-10H2,1-8H3. The van der Waals surface area contributed by atoms with E-state index < -0.39 is 0 Å². The van der Waals surface area contributed by atoms with Crippen molar-refractivity contribution in [2.75, 3.05) is 0 Å². The third-order valence-corrected chi connectivity index (χ3v) is 4.84. The molecule has 5 heteroatoms. The van der Waals surface area contributed by atoms with Gasteiger partial charge in [0.25, 0.3) is 0 Å². The fourth-order valence-electron chi connectivity index (χ4n) is 2.95. The lowest BCUT2D eigenvalue weighted by molar-refractivity contribution is 0.344. The van der Waals surface area contributed by atoms with Crippen LogP contribution in [0.15, 0.2) is 10.7 Å². The second kappa shape index (κ2) is 8.15. The molecule has 0 N–H and O–H groups in total. The minimum atomic E-state index is 0.275. The van der Waals surface area contributed by atoms with Crippen molar-refractivity contribution in [1.82, 2.24) is 19.9 Å². The maximum absolute atomic E-state index is 5.44. The minimum Gasteiger partial charge on any atom is -0.339 e. The Bertz CT molecular complexity index is 669. The first-order chi connectivity index (χ1) is 11.7. The largest absolute Gasteiger partial charge is 0.339 e. The summed E-state index contributed by atoms with van der Waals surface area (Å²) in [6.45, 7) is 17.4. The molecule has 2 atom stereocenters. The van der Waals surface area contributed by atoms with E-state index in [2.05, 4.69) is 76.4 Å². The van der Waals surface area contributed by atoms with E-state index in [9.17, 15) is 0 Å². The zero-order valence-electron chi connectivity index (χ0n) is 17.1. The van der Waals surface area contributed by atoms with Crippen LogP contribution >= 0.6 is 0 Å². The van der Waals surface area contributed by atoms with Crippen LogP contribution in [-0.4, -0.2) is 19.9 Å². The number of hydrogen-bond donors (Lipinski definition) is 0. The van der Waals surface area contributed by atoms with E-state index >= 15 is 0 Å². The SMILES string of the molecule is CC(C)c1noc(C(C)CCC(C)c2nn(C(C)C)cc2C(C)C)n1. The molecule has 0 fully saturated rings. The average molecular weight is 347 g/mol. The zero-order chi connectivity index (χ0) is 18.7. The Morgan fingerprint density at radius 3 is 2.08 bits per heavy atom. The topological polar surface area (TPSA) is 56.7 Å². The highest BCUT2D eigenvalue weighted by Crippen LogP contribution is 2.31. The average Bonchev–Trinajstić information content (AvgIpc) is 3.18. The Hall–Kier alpha value is -1.65. The van der Waals surface area contributed by atoms with Crippen LogP contribution < -0.4 is 0 Å². The summed E-state index contributed by atoms with van der Waals surface area (Å²) >= 11 is 0. The van der Waals surface area contributed by atoms with Gasteiger partial charge in [-0.1, -0.05) is 46.7 Å². The summed E-state index contributed by atoms with van der Waals surface area (Å²) in [7, 11) is 0. The van der Waals surface area contributed by atoms with Crippen molar-refractivity contribution in [3.8, 4) is 0 Å². The van der Waals surface area contributed by atoms with E-state index in [1.807, 2.05) is 0 Å². The molecule has 25 heavy (non-hydrogen) atoms. The Morgan fingerprint density at radius 1 is 0.920 bits per heavy atom. The van der Waals surface area contributed by atoms with Crippen LogP contribution in [0.3, 0.4) is 0 Å². The van der Waals surface area contributed by atoms with E-state index in [1.165, 1.54) is 11.3 Å². The number of aromatic nitrogens is 4. The van der Waals surface area contributed by atoms with Gasteiger partial charge < -0.3 is 4.52 Å². The molecular weight excluding hydrogens is 312 g/mol. The van der Waals surface area contributed by atoms with Gasteiger partial charge in [0.15, 0.2) is 5.82 Å². The molecule has 2 rings (SSSR count). The molecule has 0 amide bonds. The summed E-state index contributed by atoms with van der Waals surface area (Å²) in [5.74, 6) is 3.05. The fourth-order valence-corrected chi connectivity index (χ4v) is 2.95. The maximum atomic E-state index is 5.44. The van der Waals surface area contributed by atoms with Gasteiger partial charge in [-0.15, -0.1) is 0 Å². The second-order valence-electron chi connectivity index (χ2n) is 8.22. The predicted octanol–water partition coefficient (Wildman–Crippen LogP) is 5.78. The normalized spacial score (nSPS) is 14.7. The van der Waals surface area contributed by atoms with Gasteiger partial charge in [0.1, 0.15) is 0 Å². The minimum absolute atomic E-state index is 0.275. The Morgan fingerprint density at radius 2 is 1.56 bits per heavy atom. The van der Waals surface area contributed by atoms with Gasteiger partial charge in [0.05, 0.1) is 5.69 Å². The molecule has 140 valence electrons. The van der Waals surface area contributed by atoms with Crippen LogP contribution in [0.5, 0.6) is 0 Å². The summed E-state index contributed by atoms with van der Waals surface area (Å²) < 4.78 is 7.54. The lowest BCUT2D eigenvalue weighted by Crippen LogP contribution is -2.05. The smallest absolute Gasteiger partial charge is 0.229 e. The van der Waals surface area contributed by atoms with Gasteiger partial charge in [0.2, 0.25) is 5.89 Å². The number of nitrogens with zero attached hydrogens (tertiary/aromatic N) is 4. The van der Waals surface area contributed by atoms with E-state index in [0.717, 1.165) is 24.6 Å². The maximum Gasteiger partial charge on any atom is 0.229 e. The summed E-state index contributed by atoms with van der Waals surface area (Å²) in [4.78, 5) is 4.54. The van der Waals surface area contributed by atoms with Crippen LogP contribution in [0.25, 0.3) is 0 Å². The van der Waals surface area contributed by atoms with Crippen molar-refractivity contribution in [2.24, 2.45) is 0 Å². The first-order valence-electron chi connectivity index (χ1n) is 9.63.